The number of hydrogen-bond acceptors (Lipinski definition) is 3. The van der Waals surface area contributed by atoms with E-state index in [9.17, 15) is 4.79 Å². The molecule has 17 heavy (non-hydrogen) atoms. The van der Waals surface area contributed by atoms with Gasteiger partial charge in [0.2, 0.25) is 0 Å². The van der Waals surface area contributed by atoms with E-state index < -0.39 is 5.97 Å². The molecule has 0 fully saturated rings. The van der Waals surface area contributed by atoms with Gasteiger partial charge in [0, 0.05) is 6.54 Å². The van der Waals surface area contributed by atoms with E-state index in [2.05, 4.69) is 29.6 Å². The number of benzene rings is 1. The maximum absolute atomic E-state index is 10.5. The zero-order valence-corrected chi connectivity index (χ0v) is 10.2. The van der Waals surface area contributed by atoms with Crippen molar-refractivity contribution in [1.29, 1.82) is 0 Å². The van der Waals surface area contributed by atoms with Crippen molar-refractivity contribution in [3.05, 3.63) is 35.9 Å². The summed E-state index contributed by atoms with van der Waals surface area (Å²) in [7, 11) is 0. The molecule has 0 aromatic heterocycles. The van der Waals surface area contributed by atoms with E-state index in [1.54, 1.807) is 0 Å². The van der Waals surface area contributed by atoms with Crippen molar-refractivity contribution in [2.24, 2.45) is 5.10 Å². The molecule has 2 N–H and O–H groups in total. The highest BCUT2D eigenvalue weighted by Crippen LogP contribution is 2.17. The minimum absolute atomic E-state index is 0.0809. The summed E-state index contributed by atoms with van der Waals surface area (Å²) in [5, 5.41) is 12.4. The molecule has 1 rings (SSSR count). The molecule has 1 aromatic carbocycles. The first-order valence-electron chi connectivity index (χ1n) is 5.66. The van der Waals surface area contributed by atoms with Gasteiger partial charge in [-0.1, -0.05) is 37.3 Å². The standard InChI is InChI=1S/C13H18N2O2/c1-10(12-6-4-3-5-7-12)8-9-14-15-11(2)13(16)17/h3-7,10,14H,8-9H2,1-2H3,(H,16,17)/b15-11+. The van der Waals surface area contributed by atoms with Crippen LogP contribution in [0.2, 0.25) is 0 Å². The predicted octanol–water partition coefficient (Wildman–Crippen LogP) is 2.23. The van der Waals surface area contributed by atoms with Crippen LogP contribution in [-0.4, -0.2) is 23.3 Å². The second-order valence-electron chi connectivity index (χ2n) is 4.01. The van der Waals surface area contributed by atoms with Crippen LogP contribution in [0.4, 0.5) is 0 Å². The predicted molar refractivity (Wildman–Crippen MR) is 68.2 cm³/mol. The van der Waals surface area contributed by atoms with E-state index in [4.69, 9.17) is 5.11 Å². The van der Waals surface area contributed by atoms with Crippen LogP contribution >= 0.6 is 0 Å². The topological polar surface area (TPSA) is 61.7 Å². The lowest BCUT2D eigenvalue weighted by Gasteiger charge is -2.11. The summed E-state index contributed by atoms with van der Waals surface area (Å²) in [6, 6.07) is 10.2. The zero-order valence-electron chi connectivity index (χ0n) is 10.2. The van der Waals surface area contributed by atoms with E-state index in [0.29, 0.717) is 12.5 Å². The first-order chi connectivity index (χ1) is 8.11. The number of carboxylic acid groups (broad SMARTS) is 1. The molecule has 0 bridgehead atoms. The van der Waals surface area contributed by atoms with Crippen molar-refractivity contribution in [3.63, 3.8) is 0 Å². The van der Waals surface area contributed by atoms with Crippen LogP contribution in [0.1, 0.15) is 31.7 Å². The Hall–Kier alpha value is -1.84. The summed E-state index contributed by atoms with van der Waals surface area (Å²) in [6.45, 7) is 4.28. The Morgan fingerprint density at radius 3 is 2.65 bits per heavy atom. The highest BCUT2D eigenvalue weighted by molar-refractivity contribution is 6.34. The van der Waals surface area contributed by atoms with Crippen LogP contribution in [-0.2, 0) is 4.79 Å². The van der Waals surface area contributed by atoms with Gasteiger partial charge in [0.25, 0.3) is 0 Å². The smallest absolute Gasteiger partial charge is 0.351 e. The molecule has 0 saturated carbocycles. The Labute approximate surface area is 101 Å². The van der Waals surface area contributed by atoms with Crippen molar-refractivity contribution in [1.82, 2.24) is 5.43 Å². The largest absolute Gasteiger partial charge is 0.477 e. The fraction of sp³-hybridized carbons (Fsp3) is 0.385. The second-order valence-corrected chi connectivity index (χ2v) is 4.01. The van der Waals surface area contributed by atoms with Gasteiger partial charge in [-0.05, 0) is 24.8 Å². The minimum atomic E-state index is -0.992. The average Bonchev–Trinajstić information content (AvgIpc) is 2.35. The van der Waals surface area contributed by atoms with Gasteiger partial charge in [-0.15, -0.1) is 0 Å². The number of rotatable bonds is 6. The van der Waals surface area contributed by atoms with Crippen LogP contribution in [0.5, 0.6) is 0 Å². The maximum Gasteiger partial charge on any atom is 0.351 e. The minimum Gasteiger partial charge on any atom is -0.477 e. The number of hydrazone groups is 1. The SMILES string of the molecule is C/C(=N\NCCC(C)c1ccccc1)C(=O)O. The van der Waals surface area contributed by atoms with E-state index in [0.717, 1.165) is 6.42 Å². The molecule has 0 aliphatic carbocycles. The Bertz CT molecular complexity index is 388. The number of aliphatic carboxylic acids is 1. The quantitative estimate of drug-likeness (QED) is 0.451. The Morgan fingerprint density at radius 1 is 1.41 bits per heavy atom. The van der Waals surface area contributed by atoms with Gasteiger partial charge in [-0.25, -0.2) is 4.79 Å². The van der Waals surface area contributed by atoms with Gasteiger partial charge in [0.15, 0.2) is 0 Å². The lowest BCUT2D eigenvalue weighted by Crippen LogP contribution is -2.17. The summed E-state index contributed by atoms with van der Waals surface area (Å²) < 4.78 is 0. The molecule has 1 atom stereocenters. The normalized spacial score (nSPS) is 13.2. The highest BCUT2D eigenvalue weighted by atomic mass is 16.4. The van der Waals surface area contributed by atoms with E-state index >= 15 is 0 Å². The van der Waals surface area contributed by atoms with Gasteiger partial charge >= 0.3 is 5.97 Å². The van der Waals surface area contributed by atoms with E-state index in [1.165, 1.54) is 12.5 Å². The molecule has 0 aliphatic rings. The molecule has 0 heterocycles. The third-order valence-corrected chi connectivity index (χ3v) is 2.61. The van der Waals surface area contributed by atoms with Gasteiger partial charge in [-0.2, -0.15) is 5.10 Å². The van der Waals surface area contributed by atoms with Crippen molar-refractivity contribution >= 4 is 11.7 Å². The summed E-state index contributed by atoms with van der Waals surface area (Å²) >= 11 is 0. The van der Waals surface area contributed by atoms with Crippen molar-refractivity contribution in [3.8, 4) is 0 Å². The van der Waals surface area contributed by atoms with Crippen LogP contribution in [0, 0.1) is 0 Å². The Morgan fingerprint density at radius 2 is 2.06 bits per heavy atom. The van der Waals surface area contributed by atoms with Crippen LogP contribution in [0.15, 0.2) is 35.4 Å². The third-order valence-electron chi connectivity index (χ3n) is 2.61. The van der Waals surface area contributed by atoms with E-state index in [-0.39, 0.29) is 5.71 Å². The van der Waals surface area contributed by atoms with Gasteiger partial charge in [0.1, 0.15) is 5.71 Å². The molecule has 1 unspecified atom stereocenters. The molecule has 0 saturated heterocycles. The molecule has 1 aromatic rings. The van der Waals surface area contributed by atoms with E-state index in [1.807, 2.05) is 18.2 Å². The summed E-state index contributed by atoms with van der Waals surface area (Å²) in [5.41, 5.74) is 4.14. The lowest BCUT2D eigenvalue weighted by atomic mass is 9.98. The van der Waals surface area contributed by atoms with Crippen molar-refractivity contribution < 1.29 is 9.90 Å². The average molecular weight is 234 g/mol. The van der Waals surface area contributed by atoms with Crippen molar-refractivity contribution in [2.75, 3.05) is 6.54 Å². The van der Waals surface area contributed by atoms with Crippen LogP contribution < -0.4 is 5.43 Å². The zero-order chi connectivity index (χ0) is 12.7. The number of nitrogens with one attached hydrogen (secondary N) is 1. The van der Waals surface area contributed by atoms with Crippen LogP contribution in [0.3, 0.4) is 0 Å². The first-order valence-corrected chi connectivity index (χ1v) is 5.66. The number of carbonyl (C=O) groups is 1. The highest BCUT2D eigenvalue weighted by Gasteiger charge is 2.04. The fourth-order valence-electron chi connectivity index (χ4n) is 1.45. The molecule has 4 nitrogen and oxygen atoms in total. The van der Waals surface area contributed by atoms with Gasteiger partial charge in [-0.3, -0.25) is 0 Å². The first kappa shape index (κ1) is 13.2. The molecule has 4 heteroatoms. The molecular formula is C13H18N2O2. The molecule has 0 radical (unpaired) electrons. The molecule has 0 aliphatic heterocycles. The van der Waals surface area contributed by atoms with Crippen molar-refractivity contribution in [2.45, 2.75) is 26.2 Å². The molecule has 92 valence electrons. The number of carboxylic acids is 1. The Kier molecular flexibility index (Phi) is 5.20. The summed E-state index contributed by atoms with van der Waals surface area (Å²) in [4.78, 5) is 10.5. The summed E-state index contributed by atoms with van der Waals surface area (Å²) in [5.74, 6) is -0.558. The third kappa shape index (κ3) is 4.68. The molecular weight excluding hydrogens is 216 g/mol. The lowest BCUT2D eigenvalue weighted by molar-refractivity contribution is -0.129. The second kappa shape index (κ2) is 6.68. The van der Waals surface area contributed by atoms with Crippen LogP contribution in [0.25, 0.3) is 0 Å². The number of nitrogens with zero attached hydrogens (tertiary/aromatic N) is 1. The fourth-order valence-corrected chi connectivity index (χ4v) is 1.45. The van der Waals surface area contributed by atoms with Gasteiger partial charge < -0.3 is 10.5 Å². The molecule has 0 amide bonds. The van der Waals surface area contributed by atoms with Gasteiger partial charge in [0.05, 0.1) is 0 Å². The summed E-state index contributed by atoms with van der Waals surface area (Å²) in [6.07, 6.45) is 0.917. The monoisotopic (exact) mass is 234 g/mol. The maximum atomic E-state index is 10.5. The number of hydrogen-bond donors (Lipinski definition) is 2. The molecule has 0 spiro atoms. The Balaban J connectivity index is 2.33.